The number of halogens is 1. The van der Waals surface area contributed by atoms with Crippen LogP contribution in [0.3, 0.4) is 0 Å². The van der Waals surface area contributed by atoms with Crippen molar-refractivity contribution in [2.24, 2.45) is 11.8 Å². The van der Waals surface area contributed by atoms with Crippen LogP contribution in [0.15, 0.2) is 23.6 Å². The summed E-state index contributed by atoms with van der Waals surface area (Å²) in [5.74, 6) is 0.795. The molecule has 76 valence electrons. The molecule has 0 aliphatic heterocycles. The van der Waals surface area contributed by atoms with Crippen molar-refractivity contribution in [2.75, 3.05) is 0 Å². The van der Waals surface area contributed by atoms with Crippen LogP contribution in [-0.4, -0.2) is 0 Å². The van der Waals surface area contributed by atoms with Crippen LogP contribution in [0.4, 0.5) is 4.39 Å². The maximum Gasteiger partial charge on any atom is 0.122 e. The minimum atomic E-state index is -0.0735. The summed E-state index contributed by atoms with van der Waals surface area (Å²) in [7, 11) is 0. The highest BCUT2D eigenvalue weighted by molar-refractivity contribution is 5.26. The summed E-state index contributed by atoms with van der Waals surface area (Å²) in [5.41, 5.74) is 0.844. The van der Waals surface area contributed by atoms with E-state index < -0.39 is 0 Å². The standard InChI is InChI=1S/C12H21F/c1-6-12(13)11(10(4)5)8-7-9(2)3/h6,8-10H,7H2,1-5H3/b11-8-,12-6+. The van der Waals surface area contributed by atoms with E-state index in [4.69, 9.17) is 0 Å². The molecule has 0 aromatic rings. The van der Waals surface area contributed by atoms with Crippen molar-refractivity contribution in [3.63, 3.8) is 0 Å². The first kappa shape index (κ1) is 12.4. The number of hydrogen-bond donors (Lipinski definition) is 0. The smallest absolute Gasteiger partial charge is 0.122 e. The first-order valence-corrected chi connectivity index (χ1v) is 5.01. The van der Waals surface area contributed by atoms with Gasteiger partial charge >= 0.3 is 0 Å². The Morgan fingerprint density at radius 1 is 1.23 bits per heavy atom. The van der Waals surface area contributed by atoms with Gasteiger partial charge in [0.1, 0.15) is 5.83 Å². The molecule has 0 aliphatic carbocycles. The van der Waals surface area contributed by atoms with Gasteiger partial charge in [0, 0.05) is 0 Å². The van der Waals surface area contributed by atoms with Gasteiger partial charge in [-0.3, -0.25) is 0 Å². The summed E-state index contributed by atoms with van der Waals surface area (Å²) >= 11 is 0. The van der Waals surface area contributed by atoms with E-state index >= 15 is 0 Å². The largest absolute Gasteiger partial charge is 0.207 e. The average molecular weight is 184 g/mol. The Labute approximate surface area is 81.5 Å². The monoisotopic (exact) mass is 184 g/mol. The molecule has 0 saturated carbocycles. The van der Waals surface area contributed by atoms with Crippen LogP contribution in [0.5, 0.6) is 0 Å². The molecule has 0 rings (SSSR count). The molecule has 0 nitrogen and oxygen atoms in total. The Bertz CT molecular complexity index is 197. The van der Waals surface area contributed by atoms with Gasteiger partial charge < -0.3 is 0 Å². The lowest BCUT2D eigenvalue weighted by Crippen LogP contribution is -1.96. The van der Waals surface area contributed by atoms with E-state index in [9.17, 15) is 4.39 Å². The summed E-state index contributed by atoms with van der Waals surface area (Å²) in [6.45, 7) is 10.1. The van der Waals surface area contributed by atoms with E-state index in [1.807, 2.05) is 19.9 Å². The predicted molar refractivity (Wildman–Crippen MR) is 57.2 cm³/mol. The number of allylic oxidation sites excluding steroid dienone is 4. The molecule has 1 heteroatoms. The number of rotatable bonds is 4. The Balaban J connectivity index is 4.51. The van der Waals surface area contributed by atoms with Crippen LogP contribution in [0.25, 0.3) is 0 Å². The summed E-state index contributed by atoms with van der Waals surface area (Å²) in [6.07, 6.45) is 4.51. The van der Waals surface area contributed by atoms with Gasteiger partial charge in [-0.1, -0.05) is 39.8 Å². The normalized spacial score (nSPS) is 14.5. The van der Waals surface area contributed by atoms with E-state index in [1.54, 1.807) is 6.92 Å². The van der Waals surface area contributed by atoms with Gasteiger partial charge in [-0.15, -0.1) is 0 Å². The minimum absolute atomic E-state index is 0.0735. The van der Waals surface area contributed by atoms with Crippen molar-refractivity contribution in [3.05, 3.63) is 23.6 Å². The lowest BCUT2D eigenvalue weighted by molar-refractivity contribution is 0.594. The summed E-state index contributed by atoms with van der Waals surface area (Å²) < 4.78 is 13.3. The Hall–Kier alpha value is -0.590. The fourth-order valence-electron chi connectivity index (χ4n) is 1.14. The van der Waals surface area contributed by atoms with Crippen LogP contribution < -0.4 is 0 Å². The molecule has 0 aromatic heterocycles. The van der Waals surface area contributed by atoms with Gasteiger partial charge in [-0.2, -0.15) is 0 Å². The zero-order chi connectivity index (χ0) is 10.4. The fourth-order valence-corrected chi connectivity index (χ4v) is 1.14. The van der Waals surface area contributed by atoms with Gasteiger partial charge in [0.2, 0.25) is 0 Å². The van der Waals surface area contributed by atoms with Crippen molar-refractivity contribution in [1.29, 1.82) is 0 Å². The molecule has 0 amide bonds. The molecule has 0 radical (unpaired) electrons. The average Bonchev–Trinajstić information content (AvgIpc) is 2.03. The van der Waals surface area contributed by atoms with Gasteiger partial charge in [0.05, 0.1) is 0 Å². The first-order chi connectivity index (χ1) is 5.99. The highest BCUT2D eigenvalue weighted by atomic mass is 19.1. The van der Waals surface area contributed by atoms with Gasteiger partial charge in [0.25, 0.3) is 0 Å². The quantitative estimate of drug-likeness (QED) is 0.565. The molecular formula is C12H21F. The van der Waals surface area contributed by atoms with E-state index in [0.717, 1.165) is 12.0 Å². The highest BCUT2D eigenvalue weighted by Gasteiger charge is 2.07. The maximum absolute atomic E-state index is 13.3. The van der Waals surface area contributed by atoms with E-state index in [1.165, 1.54) is 6.08 Å². The SMILES string of the molecule is C/C=C(F)\C(=C/CC(C)C)C(C)C. The molecule has 0 bridgehead atoms. The van der Waals surface area contributed by atoms with Gasteiger partial charge in [-0.25, -0.2) is 4.39 Å². The molecule has 0 saturated heterocycles. The summed E-state index contributed by atoms with van der Waals surface area (Å²) in [4.78, 5) is 0. The van der Waals surface area contributed by atoms with E-state index in [0.29, 0.717) is 5.92 Å². The zero-order valence-corrected chi connectivity index (χ0v) is 9.39. The van der Waals surface area contributed by atoms with Crippen molar-refractivity contribution < 1.29 is 4.39 Å². The van der Waals surface area contributed by atoms with Crippen LogP contribution in [0.2, 0.25) is 0 Å². The second kappa shape index (κ2) is 5.95. The van der Waals surface area contributed by atoms with Crippen LogP contribution >= 0.6 is 0 Å². The number of hydrogen-bond acceptors (Lipinski definition) is 0. The molecular weight excluding hydrogens is 163 g/mol. The predicted octanol–water partition coefficient (Wildman–Crippen LogP) is 4.49. The summed E-state index contributed by atoms with van der Waals surface area (Å²) in [6, 6.07) is 0. The molecule has 0 N–H and O–H groups in total. The van der Waals surface area contributed by atoms with E-state index in [2.05, 4.69) is 13.8 Å². The molecule has 0 aliphatic rings. The van der Waals surface area contributed by atoms with Crippen LogP contribution in [0, 0.1) is 11.8 Å². The third kappa shape index (κ3) is 4.87. The molecule has 0 fully saturated rings. The lowest BCUT2D eigenvalue weighted by Gasteiger charge is -2.10. The Morgan fingerprint density at radius 2 is 1.77 bits per heavy atom. The fraction of sp³-hybridized carbons (Fsp3) is 0.667. The molecule has 0 spiro atoms. The minimum Gasteiger partial charge on any atom is -0.207 e. The lowest BCUT2D eigenvalue weighted by atomic mass is 9.98. The Morgan fingerprint density at radius 3 is 2.08 bits per heavy atom. The van der Waals surface area contributed by atoms with Crippen LogP contribution in [0.1, 0.15) is 41.0 Å². The maximum atomic E-state index is 13.3. The third-order valence-electron chi connectivity index (χ3n) is 1.96. The van der Waals surface area contributed by atoms with Crippen molar-refractivity contribution in [3.8, 4) is 0 Å². The van der Waals surface area contributed by atoms with Crippen molar-refractivity contribution in [1.82, 2.24) is 0 Å². The van der Waals surface area contributed by atoms with E-state index in [-0.39, 0.29) is 11.7 Å². The molecule has 0 heterocycles. The second-order valence-corrected chi connectivity index (χ2v) is 4.08. The van der Waals surface area contributed by atoms with Crippen LogP contribution in [-0.2, 0) is 0 Å². The topological polar surface area (TPSA) is 0 Å². The van der Waals surface area contributed by atoms with Gasteiger partial charge in [-0.05, 0) is 30.8 Å². The Kier molecular flexibility index (Phi) is 5.68. The molecule has 0 aromatic carbocycles. The third-order valence-corrected chi connectivity index (χ3v) is 1.96. The summed E-state index contributed by atoms with van der Waals surface area (Å²) in [5, 5.41) is 0. The molecule has 0 atom stereocenters. The highest BCUT2D eigenvalue weighted by Crippen LogP contribution is 2.22. The molecule has 0 unspecified atom stereocenters. The van der Waals surface area contributed by atoms with Crippen molar-refractivity contribution >= 4 is 0 Å². The first-order valence-electron chi connectivity index (χ1n) is 5.01. The molecule has 13 heavy (non-hydrogen) atoms. The second-order valence-electron chi connectivity index (χ2n) is 4.08. The zero-order valence-electron chi connectivity index (χ0n) is 9.39. The van der Waals surface area contributed by atoms with Gasteiger partial charge in [0.15, 0.2) is 0 Å². The van der Waals surface area contributed by atoms with Crippen molar-refractivity contribution in [2.45, 2.75) is 41.0 Å².